The van der Waals surface area contributed by atoms with Crippen molar-refractivity contribution in [2.75, 3.05) is 38.6 Å². The Labute approximate surface area is 194 Å². The van der Waals surface area contributed by atoms with Crippen LogP contribution in [0.15, 0.2) is 65.8 Å². The first-order valence-electron chi connectivity index (χ1n) is 11.0. The van der Waals surface area contributed by atoms with Crippen LogP contribution in [0.3, 0.4) is 0 Å². The maximum absolute atomic E-state index is 13.1. The van der Waals surface area contributed by atoms with Gasteiger partial charge in [-0.1, -0.05) is 18.2 Å². The zero-order valence-electron chi connectivity index (χ0n) is 18.9. The molecule has 174 valence electrons. The molecule has 1 aliphatic rings. The third-order valence-corrected chi connectivity index (χ3v) is 7.61. The van der Waals surface area contributed by atoms with E-state index in [1.54, 1.807) is 23.0 Å². The van der Waals surface area contributed by atoms with Gasteiger partial charge in [-0.25, -0.2) is 17.4 Å². The van der Waals surface area contributed by atoms with Gasteiger partial charge < -0.3 is 10.2 Å². The summed E-state index contributed by atoms with van der Waals surface area (Å²) in [5, 5.41) is 7.35. The van der Waals surface area contributed by atoms with Gasteiger partial charge in [0.15, 0.2) is 0 Å². The number of para-hydroxylation sites is 1. The second-order valence-corrected chi connectivity index (χ2v) is 10.4. The van der Waals surface area contributed by atoms with Crippen molar-refractivity contribution in [3.8, 4) is 5.69 Å². The van der Waals surface area contributed by atoms with Crippen molar-refractivity contribution < 1.29 is 13.2 Å². The standard InChI is InChI=1S/C24H29N5O3S/c1-27(2)33(31,32)21-10-11-23(28-14-6-7-15-28)22(16-21)24(30)25-13-12-19-17-26-29(18-19)20-8-4-3-5-9-20/h3-5,8-11,16-18H,6-7,12-15H2,1-2H3,(H,25,30). The van der Waals surface area contributed by atoms with Crippen LogP contribution < -0.4 is 10.2 Å². The molecule has 2 aromatic carbocycles. The molecule has 2 heterocycles. The largest absolute Gasteiger partial charge is 0.371 e. The number of anilines is 1. The molecule has 0 spiro atoms. The molecule has 0 radical (unpaired) electrons. The van der Waals surface area contributed by atoms with E-state index in [2.05, 4.69) is 15.3 Å². The minimum Gasteiger partial charge on any atom is -0.371 e. The van der Waals surface area contributed by atoms with Crippen LogP contribution in [0.2, 0.25) is 0 Å². The summed E-state index contributed by atoms with van der Waals surface area (Å²) in [6.45, 7) is 2.14. The molecule has 8 nitrogen and oxygen atoms in total. The van der Waals surface area contributed by atoms with Crippen LogP contribution in [0.1, 0.15) is 28.8 Å². The Hall–Kier alpha value is -3.17. The summed E-state index contributed by atoms with van der Waals surface area (Å²) in [7, 11) is -0.666. The van der Waals surface area contributed by atoms with Crippen molar-refractivity contribution in [1.82, 2.24) is 19.4 Å². The molecule has 9 heteroatoms. The molecule has 1 fully saturated rings. The van der Waals surface area contributed by atoms with Gasteiger partial charge in [-0.05, 0) is 55.2 Å². The minimum absolute atomic E-state index is 0.115. The summed E-state index contributed by atoms with van der Waals surface area (Å²) in [6.07, 6.45) is 6.47. The molecule has 0 unspecified atom stereocenters. The van der Waals surface area contributed by atoms with E-state index in [0.29, 0.717) is 18.5 Å². The number of nitrogens with zero attached hydrogens (tertiary/aromatic N) is 4. The van der Waals surface area contributed by atoms with E-state index in [4.69, 9.17) is 0 Å². The predicted octanol–water partition coefficient (Wildman–Crippen LogP) is 2.70. The van der Waals surface area contributed by atoms with Crippen LogP contribution in [0.4, 0.5) is 5.69 Å². The van der Waals surface area contributed by atoms with Crippen molar-refractivity contribution >= 4 is 21.6 Å². The first-order valence-corrected chi connectivity index (χ1v) is 12.5. The van der Waals surface area contributed by atoms with Crippen molar-refractivity contribution in [3.63, 3.8) is 0 Å². The molecule has 3 aromatic rings. The summed E-state index contributed by atoms with van der Waals surface area (Å²) in [4.78, 5) is 15.4. The van der Waals surface area contributed by atoms with Gasteiger partial charge in [0, 0.05) is 45.6 Å². The second kappa shape index (κ2) is 9.76. The van der Waals surface area contributed by atoms with Crippen LogP contribution in [0.5, 0.6) is 0 Å². The zero-order valence-corrected chi connectivity index (χ0v) is 19.8. The van der Waals surface area contributed by atoms with E-state index >= 15 is 0 Å². The fraction of sp³-hybridized carbons (Fsp3) is 0.333. The molecule has 1 aliphatic heterocycles. The van der Waals surface area contributed by atoms with Gasteiger partial charge >= 0.3 is 0 Å². The maximum Gasteiger partial charge on any atom is 0.253 e. The number of rotatable bonds is 8. The van der Waals surface area contributed by atoms with E-state index in [1.165, 1.54) is 20.2 Å². The number of hydrogen-bond donors (Lipinski definition) is 1. The summed E-state index contributed by atoms with van der Waals surface area (Å²) in [5.74, 6) is -0.275. The fourth-order valence-electron chi connectivity index (χ4n) is 3.93. The molecule has 1 saturated heterocycles. The monoisotopic (exact) mass is 467 g/mol. The Morgan fingerprint density at radius 1 is 1.09 bits per heavy atom. The third kappa shape index (κ3) is 5.09. The highest BCUT2D eigenvalue weighted by molar-refractivity contribution is 7.89. The SMILES string of the molecule is CN(C)S(=O)(=O)c1ccc(N2CCCC2)c(C(=O)NCCc2cnn(-c3ccccc3)c2)c1. The van der Waals surface area contributed by atoms with Gasteiger partial charge in [-0.2, -0.15) is 5.10 Å². The number of hydrogen-bond acceptors (Lipinski definition) is 5. The van der Waals surface area contributed by atoms with Crippen molar-refractivity contribution in [2.45, 2.75) is 24.2 Å². The lowest BCUT2D eigenvalue weighted by molar-refractivity contribution is 0.0954. The van der Waals surface area contributed by atoms with Crippen molar-refractivity contribution in [3.05, 3.63) is 72.1 Å². The molecule has 4 rings (SSSR count). The van der Waals surface area contributed by atoms with Crippen molar-refractivity contribution in [2.24, 2.45) is 0 Å². The molecule has 0 atom stereocenters. The number of amides is 1. The molecule has 33 heavy (non-hydrogen) atoms. The predicted molar refractivity (Wildman–Crippen MR) is 128 cm³/mol. The minimum atomic E-state index is -3.64. The number of carbonyl (C=O) groups excluding carboxylic acids is 1. The average Bonchev–Trinajstić information content (AvgIpc) is 3.52. The Balaban J connectivity index is 1.49. The highest BCUT2D eigenvalue weighted by atomic mass is 32.2. The quantitative estimate of drug-likeness (QED) is 0.550. The van der Waals surface area contributed by atoms with Crippen LogP contribution in [0, 0.1) is 0 Å². The van der Waals surface area contributed by atoms with Gasteiger partial charge in [0.05, 0.1) is 22.3 Å². The lowest BCUT2D eigenvalue weighted by Crippen LogP contribution is -2.30. The normalized spacial score (nSPS) is 14.1. The molecule has 1 amide bonds. The second-order valence-electron chi connectivity index (χ2n) is 8.30. The maximum atomic E-state index is 13.1. The molecular weight excluding hydrogens is 438 g/mol. The molecule has 0 saturated carbocycles. The first kappa shape index (κ1) is 23.0. The van der Waals surface area contributed by atoms with Gasteiger partial charge in [0.25, 0.3) is 5.91 Å². The fourth-order valence-corrected chi connectivity index (χ4v) is 4.86. The van der Waals surface area contributed by atoms with E-state index < -0.39 is 10.0 Å². The molecule has 0 bridgehead atoms. The molecule has 1 N–H and O–H groups in total. The number of sulfonamides is 1. The summed E-state index contributed by atoms with van der Waals surface area (Å²) in [6, 6.07) is 14.7. The van der Waals surface area contributed by atoms with Crippen molar-refractivity contribution in [1.29, 1.82) is 0 Å². The Morgan fingerprint density at radius 3 is 2.52 bits per heavy atom. The van der Waals surface area contributed by atoms with E-state index in [1.807, 2.05) is 36.5 Å². The summed E-state index contributed by atoms with van der Waals surface area (Å²) in [5.41, 5.74) is 3.14. The highest BCUT2D eigenvalue weighted by Crippen LogP contribution is 2.28. The Bertz CT molecular complexity index is 1220. The summed E-state index contributed by atoms with van der Waals surface area (Å²) < 4.78 is 28.2. The number of benzene rings is 2. The van der Waals surface area contributed by atoms with Crippen LogP contribution in [-0.2, 0) is 16.4 Å². The molecule has 1 aromatic heterocycles. The number of nitrogens with one attached hydrogen (secondary N) is 1. The lowest BCUT2D eigenvalue weighted by atomic mass is 10.1. The average molecular weight is 468 g/mol. The van der Waals surface area contributed by atoms with Crippen LogP contribution in [-0.4, -0.2) is 62.1 Å². The zero-order chi connectivity index (χ0) is 23.4. The number of carbonyl (C=O) groups is 1. The Kier molecular flexibility index (Phi) is 6.80. The van der Waals surface area contributed by atoms with E-state index in [0.717, 1.165) is 47.2 Å². The number of aromatic nitrogens is 2. The topological polar surface area (TPSA) is 87.5 Å². The van der Waals surface area contributed by atoms with Crippen LogP contribution >= 0.6 is 0 Å². The lowest BCUT2D eigenvalue weighted by Gasteiger charge is -2.22. The molecule has 0 aliphatic carbocycles. The van der Waals surface area contributed by atoms with Gasteiger partial charge in [-0.15, -0.1) is 0 Å². The highest BCUT2D eigenvalue weighted by Gasteiger charge is 2.24. The smallest absolute Gasteiger partial charge is 0.253 e. The molecular formula is C24H29N5O3S. The van der Waals surface area contributed by atoms with Gasteiger partial charge in [-0.3, -0.25) is 4.79 Å². The van der Waals surface area contributed by atoms with Gasteiger partial charge in [0.1, 0.15) is 0 Å². The Morgan fingerprint density at radius 2 is 1.82 bits per heavy atom. The van der Waals surface area contributed by atoms with Gasteiger partial charge in [0.2, 0.25) is 10.0 Å². The van der Waals surface area contributed by atoms with Crippen LogP contribution in [0.25, 0.3) is 5.69 Å². The summed E-state index contributed by atoms with van der Waals surface area (Å²) >= 11 is 0. The van der Waals surface area contributed by atoms with E-state index in [9.17, 15) is 13.2 Å². The third-order valence-electron chi connectivity index (χ3n) is 5.79. The van der Waals surface area contributed by atoms with E-state index in [-0.39, 0.29) is 10.8 Å². The first-order chi connectivity index (χ1) is 15.9.